The van der Waals surface area contributed by atoms with Crippen LogP contribution in [0.25, 0.3) is 6.08 Å². The lowest BCUT2D eigenvalue weighted by atomic mass is 10.2. The SMILES string of the molecule is CCN1C(=O)N(CC)C2Nn3c(s/c(=C\c4ccc([N+](=O)[O-])cc4)c3=O)=NC21. The first-order valence-electron chi connectivity index (χ1n) is 8.84. The Morgan fingerprint density at radius 2 is 1.89 bits per heavy atom. The Morgan fingerprint density at radius 3 is 2.50 bits per heavy atom. The molecule has 4 rings (SSSR count). The van der Waals surface area contributed by atoms with Gasteiger partial charge in [0.1, 0.15) is 0 Å². The van der Waals surface area contributed by atoms with Gasteiger partial charge in [0.2, 0.25) is 4.80 Å². The Kier molecular flexibility index (Phi) is 4.38. The second-order valence-electron chi connectivity index (χ2n) is 6.35. The Morgan fingerprint density at radius 1 is 1.21 bits per heavy atom. The molecular weight excluding hydrogens is 384 g/mol. The fourth-order valence-corrected chi connectivity index (χ4v) is 4.38. The minimum Gasteiger partial charge on any atom is -0.299 e. The summed E-state index contributed by atoms with van der Waals surface area (Å²) in [5.74, 6) is 0. The standard InChI is InChI=1S/C17H18N6O4S/c1-3-20-13-14(21(4-2)17(20)25)19-22-15(24)12(28-16(22)18-13)9-10-5-7-11(8-6-10)23(26)27/h5-9,13-14,19H,3-4H2,1-2H3/b12-9-. The molecule has 2 aliphatic rings. The van der Waals surface area contributed by atoms with E-state index < -0.39 is 11.1 Å². The number of benzene rings is 1. The number of hydrogen-bond acceptors (Lipinski definition) is 7. The van der Waals surface area contributed by atoms with Crippen molar-refractivity contribution >= 4 is 29.1 Å². The van der Waals surface area contributed by atoms with Gasteiger partial charge in [-0.25, -0.2) is 9.79 Å². The highest BCUT2D eigenvalue weighted by molar-refractivity contribution is 7.07. The molecule has 10 nitrogen and oxygen atoms in total. The van der Waals surface area contributed by atoms with Crippen molar-refractivity contribution in [1.82, 2.24) is 14.5 Å². The van der Waals surface area contributed by atoms with Gasteiger partial charge in [0.25, 0.3) is 11.2 Å². The number of likely N-dealkylation sites (N-methyl/N-ethyl adjacent to an activating group) is 2. The summed E-state index contributed by atoms with van der Waals surface area (Å²) in [6, 6.07) is 5.88. The summed E-state index contributed by atoms with van der Waals surface area (Å²) in [5.41, 5.74) is 3.54. The third-order valence-corrected chi connectivity index (χ3v) is 5.81. The minimum atomic E-state index is -0.468. The second-order valence-corrected chi connectivity index (χ2v) is 7.36. The molecule has 0 saturated carbocycles. The number of fused-ring (bicyclic) bond motifs is 2. The monoisotopic (exact) mass is 402 g/mol. The first-order valence-corrected chi connectivity index (χ1v) is 9.66. The summed E-state index contributed by atoms with van der Waals surface area (Å²) >= 11 is 1.21. The van der Waals surface area contributed by atoms with Gasteiger partial charge in [-0.3, -0.25) is 30.1 Å². The highest BCUT2D eigenvalue weighted by atomic mass is 32.1. The van der Waals surface area contributed by atoms with Gasteiger partial charge in [-0.15, -0.1) is 0 Å². The molecule has 2 aliphatic heterocycles. The lowest BCUT2D eigenvalue weighted by molar-refractivity contribution is -0.384. The molecule has 3 heterocycles. The lowest BCUT2D eigenvalue weighted by Crippen LogP contribution is -2.55. The van der Waals surface area contributed by atoms with E-state index in [1.807, 2.05) is 13.8 Å². The van der Waals surface area contributed by atoms with E-state index in [-0.39, 0.29) is 23.4 Å². The van der Waals surface area contributed by atoms with Crippen LogP contribution >= 0.6 is 11.3 Å². The van der Waals surface area contributed by atoms with Crippen LogP contribution in [0.2, 0.25) is 0 Å². The van der Waals surface area contributed by atoms with E-state index in [2.05, 4.69) is 10.4 Å². The van der Waals surface area contributed by atoms with E-state index in [1.54, 1.807) is 28.0 Å². The molecule has 1 fully saturated rings. The Labute approximate surface area is 163 Å². The maximum absolute atomic E-state index is 12.8. The van der Waals surface area contributed by atoms with Gasteiger partial charge in [0.15, 0.2) is 12.3 Å². The van der Waals surface area contributed by atoms with E-state index in [4.69, 9.17) is 0 Å². The van der Waals surface area contributed by atoms with E-state index >= 15 is 0 Å². The number of nitrogens with one attached hydrogen (secondary N) is 1. The molecule has 2 aromatic rings. The average Bonchev–Trinajstić information content (AvgIpc) is 3.13. The van der Waals surface area contributed by atoms with Crippen molar-refractivity contribution in [3.05, 3.63) is 59.6 Å². The number of thiazole rings is 1. The normalized spacial score (nSPS) is 21.2. The molecule has 11 heteroatoms. The molecular formula is C17H18N6O4S. The van der Waals surface area contributed by atoms with Crippen molar-refractivity contribution in [2.75, 3.05) is 18.5 Å². The van der Waals surface area contributed by atoms with Gasteiger partial charge in [-0.1, -0.05) is 11.3 Å². The molecule has 28 heavy (non-hydrogen) atoms. The first-order chi connectivity index (χ1) is 13.4. The number of carbonyl (C=O) groups excluding carboxylic acids is 1. The third kappa shape index (κ3) is 2.74. The van der Waals surface area contributed by atoms with Crippen LogP contribution in [0.15, 0.2) is 34.1 Å². The zero-order valence-corrected chi connectivity index (χ0v) is 16.0. The Balaban J connectivity index is 1.76. The number of amides is 2. The molecule has 2 amide bonds. The van der Waals surface area contributed by atoms with Crippen molar-refractivity contribution in [3.8, 4) is 0 Å². The molecule has 1 aromatic heterocycles. The predicted molar refractivity (Wildman–Crippen MR) is 103 cm³/mol. The van der Waals surface area contributed by atoms with Gasteiger partial charge in [-0.05, 0) is 37.6 Å². The second kappa shape index (κ2) is 6.75. The van der Waals surface area contributed by atoms with Crippen molar-refractivity contribution in [3.63, 3.8) is 0 Å². The molecule has 0 aliphatic carbocycles. The molecule has 2 atom stereocenters. The van der Waals surface area contributed by atoms with Crippen LogP contribution < -0.4 is 20.3 Å². The highest BCUT2D eigenvalue weighted by Gasteiger charge is 2.46. The highest BCUT2D eigenvalue weighted by Crippen LogP contribution is 2.23. The zero-order chi connectivity index (χ0) is 20.0. The van der Waals surface area contributed by atoms with Gasteiger partial charge in [-0.2, -0.15) is 4.68 Å². The van der Waals surface area contributed by atoms with Gasteiger partial charge < -0.3 is 0 Å². The summed E-state index contributed by atoms with van der Waals surface area (Å²) < 4.78 is 1.83. The van der Waals surface area contributed by atoms with Gasteiger partial charge >= 0.3 is 6.03 Å². The summed E-state index contributed by atoms with van der Waals surface area (Å²) in [5, 5.41) is 10.8. The number of nitro benzene ring substituents is 1. The first kappa shape index (κ1) is 18.2. The van der Waals surface area contributed by atoms with E-state index in [9.17, 15) is 19.7 Å². The van der Waals surface area contributed by atoms with Crippen LogP contribution in [0.1, 0.15) is 19.4 Å². The molecule has 2 unspecified atom stereocenters. The molecule has 0 spiro atoms. The maximum atomic E-state index is 12.8. The van der Waals surface area contributed by atoms with Crippen LogP contribution in [0, 0.1) is 10.1 Å². The maximum Gasteiger partial charge on any atom is 0.323 e. The number of nitrogens with zero attached hydrogens (tertiary/aromatic N) is 5. The summed E-state index contributed by atoms with van der Waals surface area (Å²) in [7, 11) is 0. The smallest absolute Gasteiger partial charge is 0.299 e. The summed E-state index contributed by atoms with van der Waals surface area (Å²) in [6.45, 7) is 4.82. The molecule has 146 valence electrons. The van der Waals surface area contributed by atoms with Crippen molar-refractivity contribution in [2.45, 2.75) is 26.2 Å². The number of hydrogen-bond donors (Lipinski definition) is 1. The molecule has 0 bridgehead atoms. The predicted octanol–water partition coefficient (Wildman–Crippen LogP) is 0.253. The number of non-ortho nitro benzene ring substituents is 1. The fraction of sp³-hybridized carbons (Fsp3) is 0.353. The minimum absolute atomic E-state index is 0.00665. The Hall–Kier alpha value is -3.21. The van der Waals surface area contributed by atoms with Crippen LogP contribution in [-0.2, 0) is 0 Å². The van der Waals surface area contributed by atoms with Crippen LogP contribution in [0.3, 0.4) is 0 Å². The average molecular weight is 402 g/mol. The molecule has 1 N–H and O–H groups in total. The van der Waals surface area contributed by atoms with E-state index in [1.165, 1.54) is 28.1 Å². The quantitative estimate of drug-likeness (QED) is 0.582. The number of nitro groups is 1. The van der Waals surface area contributed by atoms with Crippen LogP contribution in [0.5, 0.6) is 0 Å². The number of urea groups is 1. The van der Waals surface area contributed by atoms with E-state index in [0.29, 0.717) is 28.0 Å². The number of carbonyl (C=O) groups is 1. The molecule has 1 aromatic carbocycles. The largest absolute Gasteiger partial charge is 0.323 e. The zero-order valence-electron chi connectivity index (χ0n) is 15.2. The topological polar surface area (TPSA) is 113 Å². The van der Waals surface area contributed by atoms with Crippen LogP contribution in [0.4, 0.5) is 10.5 Å². The lowest BCUT2D eigenvalue weighted by Gasteiger charge is -2.28. The van der Waals surface area contributed by atoms with Gasteiger partial charge in [0, 0.05) is 25.2 Å². The van der Waals surface area contributed by atoms with Crippen LogP contribution in [-0.4, -0.2) is 50.9 Å². The van der Waals surface area contributed by atoms with Gasteiger partial charge in [0.05, 0.1) is 9.46 Å². The number of aromatic nitrogens is 1. The van der Waals surface area contributed by atoms with Crippen molar-refractivity contribution < 1.29 is 9.72 Å². The third-order valence-electron chi connectivity index (χ3n) is 4.82. The van der Waals surface area contributed by atoms with Crippen molar-refractivity contribution in [1.29, 1.82) is 0 Å². The molecule has 0 radical (unpaired) electrons. The summed E-state index contributed by atoms with van der Waals surface area (Å²) in [6.07, 6.45) is 0.891. The van der Waals surface area contributed by atoms with E-state index in [0.717, 1.165) is 0 Å². The summed E-state index contributed by atoms with van der Waals surface area (Å²) in [4.78, 5) is 44.1. The molecule has 1 saturated heterocycles. The number of rotatable bonds is 4. The Bertz CT molecular complexity index is 1120. The fourth-order valence-electron chi connectivity index (χ4n) is 3.42. The van der Waals surface area contributed by atoms with Crippen molar-refractivity contribution in [2.24, 2.45) is 4.99 Å².